The lowest BCUT2D eigenvalue weighted by Gasteiger charge is -2.11. The van der Waals surface area contributed by atoms with Crippen LogP contribution in [0.2, 0.25) is 0 Å². The van der Waals surface area contributed by atoms with E-state index in [1.807, 2.05) is 54.6 Å². The first-order valence-electron chi connectivity index (χ1n) is 10.6. The molecule has 152 valence electrons. The quantitative estimate of drug-likeness (QED) is 0.432. The molecule has 0 fully saturated rings. The van der Waals surface area contributed by atoms with Crippen molar-refractivity contribution in [1.82, 2.24) is 10.3 Å². The zero-order valence-corrected chi connectivity index (χ0v) is 17.4. The van der Waals surface area contributed by atoms with Crippen molar-refractivity contribution in [3.05, 3.63) is 60.2 Å². The molecule has 1 amide bonds. The second-order valence-electron chi connectivity index (χ2n) is 7.32. The number of fused-ring (bicyclic) bond motifs is 1. The van der Waals surface area contributed by atoms with Gasteiger partial charge < -0.3 is 10.1 Å². The number of nitrogens with one attached hydrogen (secondary N) is 1. The number of aromatic nitrogens is 1. The lowest BCUT2D eigenvalue weighted by atomic mass is 10.0. The van der Waals surface area contributed by atoms with E-state index in [9.17, 15) is 4.79 Å². The molecule has 0 atom stereocenters. The molecule has 1 aromatic heterocycles. The molecule has 4 heteroatoms. The van der Waals surface area contributed by atoms with Crippen LogP contribution in [0.4, 0.5) is 0 Å². The van der Waals surface area contributed by atoms with Gasteiger partial charge in [-0.1, -0.05) is 57.2 Å². The summed E-state index contributed by atoms with van der Waals surface area (Å²) in [5.41, 5.74) is 3.25. The van der Waals surface area contributed by atoms with Crippen LogP contribution in [-0.2, 0) is 0 Å². The van der Waals surface area contributed by atoms with Crippen molar-refractivity contribution >= 4 is 16.8 Å². The summed E-state index contributed by atoms with van der Waals surface area (Å²) in [6, 6.07) is 17.4. The lowest BCUT2D eigenvalue weighted by molar-refractivity contribution is 0.0954. The van der Waals surface area contributed by atoms with Crippen LogP contribution in [0.5, 0.6) is 5.75 Å². The number of rotatable bonds is 10. The first kappa shape index (κ1) is 20.8. The fourth-order valence-electron chi connectivity index (χ4n) is 3.48. The highest BCUT2D eigenvalue weighted by molar-refractivity contribution is 6.07. The SMILES string of the molecule is CCCCCCCCNC(=O)c1cc(-c2ccc(OC)cc2)nc2ccccc12. The number of carbonyl (C=O) groups is 1. The molecule has 0 aliphatic heterocycles. The van der Waals surface area contributed by atoms with Crippen LogP contribution in [0, 0.1) is 0 Å². The van der Waals surface area contributed by atoms with Crippen molar-refractivity contribution in [2.24, 2.45) is 0 Å². The maximum atomic E-state index is 12.9. The van der Waals surface area contributed by atoms with E-state index < -0.39 is 0 Å². The van der Waals surface area contributed by atoms with Crippen LogP contribution in [0.1, 0.15) is 55.8 Å². The monoisotopic (exact) mass is 390 g/mol. The van der Waals surface area contributed by atoms with Gasteiger partial charge in [0.25, 0.3) is 5.91 Å². The van der Waals surface area contributed by atoms with E-state index in [4.69, 9.17) is 9.72 Å². The van der Waals surface area contributed by atoms with E-state index in [0.717, 1.165) is 40.8 Å². The Morgan fingerprint density at radius 3 is 2.45 bits per heavy atom. The smallest absolute Gasteiger partial charge is 0.252 e. The molecule has 0 aliphatic rings. The predicted octanol–water partition coefficient (Wildman–Crippen LogP) is 6.00. The normalized spacial score (nSPS) is 10.8. The Labute approximate surface area is 173 Å². The highest BCUT2D eigenvalue weighted by atomic mass is 16.5. The van der Waals surface area contributed by atoms with Gasteiger partial charge in [-0.3, -0.25) is 4.79 Å². The van der Waals surface area contributed by atoms with Gasteiger partial charge in [0.2, 0.25) is 0 Å². The van der Waals surface area contributed by atoms with Gasteiger partial charge in [0, 0.05) is 17.5 Å². The molecular formula is C25H30N2O2. The van der Waals surface area contributed by atoms with Crippen LogP contribution in [0.15, 0.2) is 54.6 Å². The highest BCUT2D eigenvalue weighted by Crippen LogP contribution is 2.26. The third kappa shape index (κ3) is 5.57. The molecule has 0 saturated heterocycles. The number of nitrogens with zero attached hydrogens (tertiary/aromatic N) is 1. The van der Waals surface area contributed by atoms with Crippen molar-refractivity contribution < 1.29 is 9.53 Å². The van der Waals surface area contributed by atoms with E-state index in [2.05, 4.69) is 12.2 Å². The van der Waals surface area contributed by atoms with Gasteiger partial charge in [0.15, 0.2) is 0 Å². The van der Waals surface area contributed by atoms with Gasteiger partial charge in [-0.05, 0) is 42.8 Å². The Bertz CT molecular complexity index is 935. The number of para-hydroxylation sites is 1. The Balaban J connectivity index is 1.76. The Morgan fingerprint density at radius 1 is 0.966 bits per heavy atom. The topological polar surface area (TPSA) is 51.2 Å². The van der Waals surface area contributed by atoms with Gasteiger partial charge in [-0.15, -0.1) is 0 Å². The Kier molecular flexibility index (Phi) is 7.62. The maximum absolute atomic E-state index is 12.9. The fraction of sp³-hybridized carbons (Fsp3) is 0.360. The number of ether oxygens (including phenoxy) is 1. The van der Waals surface area contributed by atoms with E-state index in [1.54, 1.807) is 7.11 Å². The van der Waals surface area contributed by atoms with Crippen LogP contribution < -0.4 is 10.1 Å². The minimum absolute atomic E-state index is 0.0353. The fourth-order valence-corrected chi connectivity index (χ4v) is 3.48. The molecule has 0 unspecified atom stereocenters. The van der Waals surface area contributed by atoms with E-state index in [0.29, 0.717) is 12.1 Å². The predicted molar refractivity (Wildman–Crippen MR) is 119 cm³/mol. The van der Waals surface area contributed by atoms with Gasteiger partial charge in [-0.2, -0.15) is 0 Å². The summed E-state index contributed by atoms with van der Waals surface area (Å²) in [6.45, 7) is 2.93. The second kappa shape index (κ2) is 10.6. The molecule has 1 N–H and O–H groups in total. The minimum Gasteiger partial charge on any atom is -0.497 e. The molecule has 4 nitrogen and oxygen atoms in total. The first-order chi connectivity index (χ1) is 14.2. The summed E-state index contributed by atoms with van der Waals surface area (Å²) < 4.78 is 5.24. The number of methoxy groups -OCH3 is 1. The molecule has 1 heterocycles. The van der Waals surface area contributed by atoms with E-state index in [1.165, 1.54) is 25.7 Å². The number of unbranched alkanes of at least 4 members (excludes halogenated alkanes) is 5. The molecule has 0 spiro atoms. The molecule has 3 aromatic rings. The van der Waals surface area contributed by atoms with Crippen molar-refractivity contribution in [3.63, 3.8) is 0 Å². The Hall–Kier alpha value is -2.88. The summed E-state index contributed by atoms with van der Waals surface area (Å²) in [5.74, 6) is 0.762. The Morgan fingerprint density at radius 2 is 1.69 bits per heavy atom. The number of carbonyl (C=O) groups excluding carboxylic acids is 1. The summed E-state index contributed by atoms with van der Waals surface area (Å²) >= 11 is 0. The third-order valence-electron chi connectivity index (χ3n) is 5.16. The standard InChI is InChI=1S/C25H30N2O2/c1-3-4-5-6-7-10-17-26-25(28)22-18-24(19-13-15-20(29-2)16-14-19)27-23-12-9-8-11-21(22)23/h8-9,11-16,18H,3-7,10,17H2,1-2H3,(H,26,28). The third-order valence-corrected chi connectivity index (χ3v) is 5.16. The van der Waals surface area contributed by atoms with Gasteiger partial charge in [-0.25, -0.2) is 4.98 Å². The highest BCUT2D eigenvalue weighted by Gasteiger charge is 2.13. The van der Waals surface area contributed by atoms with Crippen molar-refractivity contribution in [2.75, 3.05) is 13.7 Å². The summed E-state index contributed by atoms with van der Waals surface area (Å²) in [6.07, 6.45) is 7.25. The molecular weight excluding hydrogens is 360 g/mol. The average Bonchev–Trinajstić information content (AvgIpc) is 2.77. The molecule has 3 rings (SSSR count). The molecule has 29 heavy (non-hydrogen) atoms. The molecule has 0 bridgehead atoms. The van der Waals surface area contributed by atoms with Crippen molar-refractivity contribution in [1.29, 1.82) is 0 Å². The van der Waals surface area contributed by atoms with E-state index in [-0.39, 0.29) is 5.91 Å². The minimum atomic E-state index is -0.0353. The molecule has 2 aromatic carbocycles. The van der Waals surface area contributed by atoms with Gasteiger partial charge in [0.05, 0.1) is 23.9 Å². The lowest BCUT2D eigenvalue weighted by Crippen LogP contribution is -2.24. The zero-order chi connectivity index (χ0) is 20.5. The van der Waals surface area contributed by atoms with Crippen LogP contribution in [0.3, 0.4) is 0 Å². The molecule has 0 aliphatic carbocycles. The first-order valence-corrected chi connectivity index (χ1v) is 10.6. The zero-order valence-electron chi connectivity index (χ0n) is 17.4. The number of hydrogen-bond acceptors (Lipinski definition) is 3. The average molecular weight is 391 g/mol. The van der Waals surface area contributed by atoms with Gasteiger partial charge in [0.1, 0.15) is 5.75 Å². The van der Waals surface area contributed by atoms with Crippen molar-refractivity contribution in [3.8, 4) is 17.0 Å². The van der Waals surface area contributed by atoms with Crippen LogP contribution in [-0.4, -0.2) is 24.5 Å². The van der Waals surface area contributed by atoms with E-state index >= 15 is 0 Å². The van der Waals surface area contributed by atoms with Crippen LogP contribution in [0.25, 0.3) is 22.2 Å². The summed E-state index contributed by atoms with van der Waals surface area (Å²) in [7, 11) is 1.65. The summed E-state index contributed by atoms with van der Waals surface area (Å²) in [4.78, 5) is 17.7. The number of hydrogen-bond donors (Lipinski definition) is 1. The molecule has 0 radical (unpaired) electrons. The number of benzene rings is 2. The van der Waals surface area contributed by atoms with Crippen molar-refractivity contribution in [2.45, 2.75) is 45.4 Å². The number of amides is 1. The number of pyridine rings is 1. The largest absolute Gasteiger partial charge is 0.497 e. The molecule has 0 saturated carbocycles. The maximum Gasteiger partial charge on any atom is 0.252 e. The second-order valence-corrected chi connectivity index (χ2v) is 7.32. The van der Waals surface area contributed by atoms with Crippen LogP contribution >= 0.6 is 0 Å². The summed E-state index contributed by atoms with van der Waals surface area (Å²) in [5, 5.41) is 3.97. The van der Waals surface area contributed by atoms with Gasteiger partial charge >= 0.3 is 0 Å².